The molecule has 0 bridgehead atoms. The molecule has 10 nitrogen and oxygen atoms in total. The number of guanidine groups is 1. The molecule has 1 unspecified atom stereocenters. The number of imidazole rings is 1. The third-order valence-corrected chi connectivity index (χ3v) is 10.0. The van der Waals surface area contributed by atoms with Gasteiger partial charge in [0.15, 0.2) is 11.1 Å². The van der Waals surface area contributed by atoms with Crippen LogP contribution in [-0.2, 0) is 22.4 Å². The van der Waals surface area contributed by atoms with E-state index in [-0.39, 0.29) is 42.2 Å². The molecule has 1 aromatic heterocycles. The number of carbonyl (C=O) groups is 2. The minimum atomic E-state index is -1.33. The highest BCUT2D eigenvalue weighted by Gasteiger charge is 2.40. The number of benzene rings is 3. The van der Waals surface area contributed by atoms with E-state index in [1.165, 1.54) is 12.1 Å². The van der Waals surface area contributed by atoms with Gasteiger partial charge in [0.25, 0.3) is 5.91 Å². The average Bonchev–Trinajstić information content (AvgIpc) is 3.45. The number of amides is 1. The number of hydrogen-bond donors (Lipinski definition) is 5. The van der Waals surface area contributed by atoms with Gasteiger partial charge in [-0.1, -0.05) is 29.4 Å². The summed E-state index contributed by atoms with van der Waals surface area (Å²) in [6.07, 6.45) is 2.50. The molecule has 1 amide bonds. The Balaban J connectivity index is 1.44. The number of nitrogens with zero attached hydrogens (tertiary/aromatic N) is 2. The van der Waals surface area contributed by atoms with E-state index in [1.807, 2.05) is 16.7 Å². The van der Waals surface area contributed by atoms with Crippen molar-refractivity contribution in [3.8, 4) is 11.4 Å². The molecule has 0 saturated heterocycles. The van der Waals surface area contributed by atoms with Gasteiger partial charge in [0.05, 0.1) is 23.5 Å². The quantitative estimate of drug-likeness (QED) is 0.0463. The number of ether oxygens (including phenoxy) is 1. The van der Waals surface area contributed by atoms with E-state index in [0.717, 1.165) is 53.7 Å². The van der Waals surface area contributed by atoms with Gasteiger partial charge in [-0.2, -0.15) is 0 Å². The summed E-state index contributed by atoms with van der Waals surface area (Å²) in [6, 6.07) is 11.9. The molecule has 2 atom stereocenters. The minimum absolute atomic E-state index is 0.00364. The van der Waals surface area contributed by atoms with Gasteiger partial charge in [-0.15, -0.1) is 0 Å². The Labute approximate surface area is 296 Å². The highest BCUT2D eigenvalue weighted by Crippen LogP contribution is 2.47. The lowest BCUT2D eigenvalue weighted by atomic mass is 9.71. The summed E-state index contributed by atoms with van der Waals surface area (Å²) in [5, 5.41) is 22.4. The lowest BCUT2D eigenvalue weighted by molar-refractivity contribution is -0.139. The zero-order chi connectivity index (χ0) is 36.2. The molecule has 1 heterocycles. The van der Waals surface area contributed by atoms with Crippen molar-refractivity contribution in [1.82, 2.24) is 20.2 Å². The lowest BCUT2D eigenvalue weighted by Crippen LogP contribution is -2.41. The summed E-state index contributed by atoms with van der Waals surface area (Å²) in [4.78, 5) is 29.5. The maximum atomic E-state index is 15.5. The number of nitrogens with one attached hydrogen (secondary N) is 3. The number of aliphatic carboxylic acids is 1. The van der Waals surface area contributed by atoms with Crippen LogP contribution in [0.4, 0.5) is 13.2 Å². The molecule has 50 heavy (non-hydrogen) atoms. The Hall–Kier alpha value is -4.69. The number of carboxylic acids is 1. The number of nitrogens with two attached hydrogens (primary N) is 1. The first-order valence-electron chi connectivity index (χ1n) is 15.8. The second-order valence-electron chi connectivity index (χ2n) is 12.1. The predicted octanol–water partition coefficient (Wildman–Crippen LogP) is 6.33. The number of carboxylic acid groups (broad SMARTS) is 1. The number of thioether (sulfide) groups is 1. The maximum Gasteiger partial charge on any atom is 0.326 e. The van der Waals surface area contributed by atoms with Crippen LogP contribution in [0, 0.1) is 22.9 Å². The summed E-state index contributed by atoms with van der Waals surface area (Å²) in [5.74, 6) is -4.61. The molecule has 1 aliphatic rings. The summed E-state index contributed by atoms with van der Waals surface area (Å²) in [6.45, 7) is 2.30. The van der Waals surface area contributed by atoms with E-state index in [2.05, 4.69) is 17.6 Å². The fraction of sp³-hybridized carbons (Fsp3) is 0.314. The van der Waals surface area contributed by atoms with Crippen LogP contribution in [0.15, 0.2) is 59.8 Å². The largest absolute Gasteiger partial charge is 0.495 e. The number of rotatable bonds is 13. The van der Waals surface area contributed by atoms with Crippen molar-refractivity contribution >= 4 is 41.2 Å². The van der Waals surface area contributed by atoms with Crippen LogP contribution in [0.1, 0.15) is 65.5 Å². The first-order valence-corrected chi connectivity index (χ1v) is 17.1. The van der Waals surface area contributed by atoms with Gasteiger partial charge in [-0.25, -0.2) is 22.9 Å². The van der Waals surface area contributed by atoms with Crippen molar-refractivity contribution in [3.63, 3.8) is 0 Å². The van der Waals surface area contributed by atoms with Gasteiger partial charge in [0.2, 0.25) is 0 Å². The van der Waals surface area contributed by atoms with Crippen molar-refractivity contribution in [2.24, 2.45) is 5.73 Å². The van der Waals surface area contributed by atoms with Gasteiger partial charge in [0, 0.05) is 34.5 Å². The van der Waals surface area contributed by atoms with Crippen LogP contribution in [0.2, 0.25) is 5.02 Å². The topological polar surface area (TPSA) is 155 Å². The number of methoxy groups -OCH3 is 1. The smallest absolute Gasteiger partial charge is 0.326 e. The molecule has 0 fully saturated rings. The third-order valence-electron chi connectivity index (χ3n) is 8.74. The predicted molar refractivity (Wildman–Crippen MR) is 185 cm³/mol. The fourth-order valence-electron chi connectivity index (χ4n) is 6.16. The SMILES string of the molecule is COc1cc(C2(C)CCCc3nc(SCc4c(F)cc(C(=O)N[C@@H](CCCNC(=N)N)C(=O)O)cc4F)n(-c4ccc(F)cc4)c32)ccc1Cl. The summed E-state index contributed by atoms with van der Waals surface area (Å²) in [7, 11) is 1.54. The summed E-state index contributed by atoms with van der Waals surface area (Å²) >= 11 is 7.44. The van der Waals surface area contributed by atoms with Crippen LogP contribution < -0.4 is 21.1 Å². The first kappa shape index (κ1) is 36.6. The molecule has 0 radical (unpaired) electrons. The highest BCUT2D eigenvalue weighted by molar-refractivity contribution is 7.98. The number of halogens is 4. The standard InChI is InChI=1S/C35H36ClF3N6O4S/c1-35(20-7-12-24(36)29(17-20)49-2)13-3-5-27-30(35)45(22-10-8-21(37)9-11-22)34(44-27)50-18-23-25(38)15-19(16-26(23)39)31(46)43-28(32(47)48)6-4-14-42-33(40)41/h7-12,15-17,28H,3-6,13-14,18H2,1-2H3,(H,43,46)(H,47,48)(H4,40,41,42)/t28-,35?/m0/s1. The Kier molecular flexibility index (Phi) is 11.3. The third kappa shape index (κ3) is 7.86. The second-order valence-corrected chi connectivity index (χ2v) is 13.4. The fourth-order valence-corrected chi connectivity index (χ4v) is 7.40. The average molecular weight is 729 g/mol. The molecular formula is C35H36ClF3N6O4S. The molecule has 4 aromatic rings. The minimum Gasteiger partial charge on any atom is -0.495 e. The van der Waals surface area contributed by atoms with Crippen LogP contribution >= 0.6 is 23.4 Å². The van der Waals surface area contributed by atoms with Crippen LogP contribution in [-0.4, -0.2) is 52.2 Å². The maximum absolute atomic E-state index is 15.5. The van der Waals surface area contributed by atoms with E-state index >= 15 is 8.78 Å². The van der Waals surface area contributed by atoms with Crippen molar-refractivity contribution in [1.29, 1.82) is 5.41 Å². The molecule has 3 aromatic carbocycles. The van der Waals surface area contributed by atoms with Gasteiger partial charge < -0.3 is 26.2 Å². The van der Waals surface area contributed by atoms with Gasteiger partial charge in [-0.3, -0.25) is 14.8 Å². The van der Waals surface area contributed by atoms with Gasteiger partial charge >= 0.3 is 5.97 Å². The van der Waals surface area contributed by atoms with E-state index in [4.69, 9.17) is 32.5 Å². The molecule has 0 spiro atoms. The number of fused-ring (bicyclic) bond motifs is 1. The first-order chi connectivity index (χ1) is 23.8. The van der Waals surface area contributed by atoms with Gasteiger partial charge in [-0.05, 0) is 93.1 Å². The summed E-state index contributed by atoms with van der Waals surface area (Å²) < 4.78 is 52.4. The zero-order valence-electron chi connectivity index (χ0n) is 27.3. The van der Waals surface area contributed by atoms with Crippen molar-refractivity contribution in [2.45, 2.75) is 61.4 Å². The molecule has 0 saturated carbocycles. The van der Waals surface area contributed by atoms with E-state index in [0.29, 0.717) is 28.0 Å². The molecule has 15 heteroatoms. The molecule has 1 aliphatic carbocycles. The molecular weight excluding hydrogens is 693 g/mol. The summed E-state index contributed by atoms with van der Waals surface area (Å²) in [5.41, 5.74) is 7.19. The number of aromatic nitrogens is 2. The zero-order valence-corrected chi connectivity index (χ0v) is 28.9. The van der Waals surface area contributed by atoms with Crippen LogP contribution in [0.25, 0.3) is 5.69 Å². The van der Waals surface area contributed by atoms with E-state index < -0.39 is 40.8 Å². The molecule has 264 valence electrons. The number of carbonyl (C=O) groups excluding carboxylic acids is 1. The second kappa shape index (κ2) is 15.5. The Morgan fingerprint density at radius 2 is 1.86 bits per heavy atom. The Morgan fingerprint density at radius 1 is 1.16 bits per heavy atom. The van der Waals surface area contributed by atoms with E-state index in [1.54, 1.807) is 25.3 Å². The molecule has 5 rings (SSSR count). The highest BCUT2D eigenvalue weighted by atomic mass is 35.5. The van der Waals surface area contributed by atoms with Crippen molar-refractivity contribution < 1.29 is 32.6 Å². The Morgan fingerprint density at radius 3 is 2.50 bits per heavy atom. The van der Waals surface area contributed by atoms with Crippen molar-refractivity contribution in [2.75, 3.05) is 13.7 Å². The monoisotopic (exact) mass is 728 g/mol. The van der Waals surface area contributed by atoms with Crippen LogP contribution in [0.3, 0.4) is 0 Å². The number of hydrogen-bond acceptors (Lipinski definition) is 6. The number of aryl methyl sites for hydroxylation is 1. The molecule has 6 N–H and O–H groups in total. The van der Waals surface area contributed by atoms with Crippen LogP contribution in [0.5, 0.6) is 5.75 Å². The lowest BCUT2D eigenvalue weighted by Gasteiger charge is -2.36. The normalized spacial score (nSPS) is 16.0. The Bertz CT molecular complexity index is 1900. The van der Waals surface area contributed by atoms with E-state index in [9.17, 15) is 19.1 Å². The van der Waals surface area contributed by atoms with Gasteiger partial charge in [0.1, 0.15) is 29.2 Å². The van der Waals surface area contributed by atoms with Crippen molar-refractivity contribution in [3.05, 3.63) is 105 Å². The molecule has 0 aliphatic heterocycles.